The van der Waals surface area contributed by atoms with Crippen molar-refractivity contribution in [1.29, 1.82) is 0 Å². The molecule has 1 aromatic rings. The van der Waals surface area contributed by atoms with E-state index >= 15 is 0 Å². The van der Waals surface area contributed by atoms with E-state index in [0.717, 1.165) is 25.0 Å². The van der Waals surface area contributed by atoms with Crippen molar-refractivity contribution in [3.8, 4) is 0 Å². The van der Waals surface area contributed by atoms with Gasteiger partial charge in [-0.05, 0) is 31.0 Å². The Kier molecular flexibility index (Phi) is 4.92. The highest BCUT2D eigenvalue weighted by Gasteiger charge is 2.30. The number of carbonyl (C=O) groups is 1. The zero-order valence-electron chi connectivity index (χ0n) is 11.6. The van der Waals surface area contributed by atoms with Crippen LogP contribution in [0.1, 0.15) is 23.2 Å². The SMILES string of the molecule is COCCNC(=O)c1ccc(F)c(S(=O)(=O)NC2CC2)c1. The number of rotatable bonds is 7. The summed E-state index contributed by atoms with van der Waals surface area (Å²) in [5.74, 6) is -1.36. The van der Waals surface area contributed by atoms with Crippen molar-refractivity contribution in [3.05, 3.63) is 29.6 Å². The number of nitrogens with one attached hydrogen (secondary N) is 2. The van der Waals surface area contributed by atoms with Gasteiger partial charge in [0.15, 0.2) is 0 Å². The van der Waals surface area contributed by atoms with Crippen LogP contribution in [-0.4, -0.2) is 40.6 Å². The summed E-state index contributed by atoms with van der Waals surface area (Å²) in [5.41, 5.74) is 0.0867. The first-order valence-electron chi connectivity index (χ1n) is 6.53. The minimum atomic E-state index is -3.94. The molecular formula is C13H17FN2O4S. The van der Waals surface area contributed by atoms with E-state index in [-0.39, 0.29) is 18.2 Å². The van der Waals surface area contributed by atoms with Gasteiger partial charge in [-0.1, -0.05) is 0 Å². The highest BCUT2D eigenvalue weighted by Crippen LogP contribution is 2.23. The number of methoxy groups -OCH3 is 1. The number of hydrogen-bond acceptors (Lipinski definition) is 4. The molecule has 0 saturated heterocycles. The summed E-state index contributed by atoms with van der Waals surface area (Å²) in [6.45, 7) is 0.621. The molecule has 1 fully saturated rings. The third kappa shape index (κ3) is 4.23. The van der Waals surface area contributed by atoms with Gasteiger partial charge in [0.25, 0.3) is 5.91 Å². The molecule has 116 valence electrons. The molecule has 1 amide bonds. The molecular weight excluding hydrogens is 299 g/mol. The maximum atomic E-state index is 13.7. The van der Waals surface area contributed by atoms with Gasteiger partial charge in [-0.15, -0.1) is 0 Å². The largest absolute Gasteiger partial charge is 0.383 e. The Morgan fingerprint density at radius 2 is 2.14 bits per heavy atom. The van der Waals surface area contributed by atoms with Crippen LogP contribution in [0.5, 0.6) is 0 Å². The molecule has 0 spiro atoms. The smallest absolute Gasteiger partial charge is 0.251 e. The van der Waals surface area contributed by atoms with Crippen LogP contribution in [-0.2, 0) is 14.8 Å². The Labute approximate surface area is 122 Å². The van der Waals surface area contributed by atoms with Crippen molar-refractivity contribution in [2.75, 3.05) is 20.3 Å². The van der Waals surface area contributed by atoms with E-state index < -0.39 is 26.6 Å². The predicted octanol–water partition coefficient (Wildman–Crippen LogP) is 0.643. The third-order valence-electron chi connectivity index (χ3n) is 2.97. The molecule has 0 aliphatic heterocycles. The molecule has 0 heterocycles. The monoisotopic (exact) mass is 316 g/mol. The summed E-state index contributed by atoms with van der Waals surface area (Å²) >= 11 is 0. The Bertz CT molecular complexity index is 629. The quantitative estimate of drug-likeness (QED) is 0.723. The average molecular weight is 316 g/mol. The Hall–Kier alpha value is -1.51. The van der Waals surface area contributed by atoms with Crippen molar-refractivity contribution in [1.82, 2.24) is 10.0 Å². The zero-order valence-corrected chi connectivity index (χ0v) is 12.4. The second-order valence-corrected chi connectivity index (χ2v) is 6.47. The van der Waals surface area contributed by atoms with E-state index in [1.807, 2.05) is 0 Å². The minimum absolute atomic E-state index is 0.0867. The van der Waals surface area contributed by atoms with Crippen LogP contribution in [0.4, 0.5) is 4.39 Å². The van der Waals surface area contributed by atoms with Gasteiger partial charge in [0, 0.05) is 25.3 Å². The van der Waals surface area contributed by atoms with Crippen LogP contribution >= 0.6 is 0 Å². The fourth-order valence-electron chi connectivity index (χ4n) is 1.70. The Morgan fingerprint density at radius 1 is 1.43 bits per heavy atom. The van der Waals surface area contributed by atoms with E-state index in [1.54, 1.807) is 0 Å². The van der Waals surface area contributed by atoms with Crippen LogP contribution < -0.4 is 10.0 Å². The van der Waals surface area contributed by atoms with Gasteiger partial charge in [-0.25, -0.2) is 17.5 Å². The first-order valence-corrected chi connectivity index (χ1v) is 8.01. The number of carbonyl (C=O) groups excluding carboxylic acids is 1. The third-order valence-corrected chi connectivity index (χ3v) is 4.51. The number of hydrogen-bond donors (Lipinski definition) is 2. The molecule has 21 heavy (non-hydrogen) atoms. The average Bonchev–Trinajstić information content (AvgIpc) is 3.22. The van der Waals surface area contributed by atoms with Crippen molar-refractivity contribution < 1.29 is 22.3 Å². The number of benzene rings is 1. The molecule has 0 unspecified atom stereocenters. The summed E-state index contributed by atoms with van der Waals surface area (Å²) in [5, 5.41) is 2.55. The number of ether oxygens (including phenoxy) is 1. The minimum Gasteiger partial charge on any atom is -0.383 e. The normalized spacial score (nSPS) is 15.0. The molecule has 1 saturated carbocycles. The van der Waals surface area contributed by atoms with Crippen LogP contribution in [0, 0.1) is 5.82 Å². The van der Waals surface area contributed by atoms with Gasteiger partial charge < -0.3 is 10.1 Å². The molecule has 1 aliphatic rings. The first-order chi connectivity index (χ1) is 9.94. The molecule has 2 N–H and O–H groups in total. The highest BCUT2D eigenvalue weighted by molar-refractivity contribution is 7.89. The first kappa shape index (κ1) is 15.9. The molecule has 0 bridgehead atoms. The molecule has 1 aromatic carbocycles. The van der Waals surface area contributed by atoms with Crippen LogP contribution in [0.3, 0.4) is 0 Å². The molecule has 2 rings (SSSR count). The van der Waals surface area contributed by atoms with Crippen molar-refractivity contribution >= 4 is 15.9 Å². The summed E-state index contributed by atoms with van der Waals surface area (Å²) in [6, 6.07) is 3.14. The zero-order chi connectivity index (χ0) is 15.5. The summed E-state index contributed by atoms with van der Waals surface area (Å²) < 4.78 is 45.0. The summed E-state index contributed by atoms with van der Waals surface area (Å²) in [4.78, 5) is 11.3. The van der Waals surface area contributed by atoms with Gasteiger partial charge in [0.05, 0.1) is 6.61 Å². The maximum Gasteiger partial charge on any atom is 0.251 e. The second kappa shape index (κ2) is 6.50. The van der Waals surface area contributed by atoms with E-state index in [4.69, 9.17) is 4.74 Å². The second-order valence-electron chi connectivity index (χ2n) is 4.79. The van der Waals surface area contributed by atoms with Gasteiger partial charge in [0.1, 0.15) is 10.7 Å². The summed E-state index contributed by atoms with van der Waals surface area (Å²) in [6.07, 6.45) is 1.50. The lowest BCUT2D eigenvalue weighted by atomic mass is 10.2. The highest BCUT2D eigenvalue weighted by atomic mass is 32.2. The Morgan fingerprint density at radius 3 is 2.76 bits per heavy atom. The standard InChI is InChI=1S/C13H17FN2O4S/c1-20-7-6-15-13(17)9-2-5-11(14)12(8-9)21(18,19)16-10-3-4-10/h2,5,8,10,16H,3-4,6-7H2,1H3,(H,15,17). The lowest BCUT2D eigenvalue weighted by Gasteiger charge is -2.09. The van der Waals surface area contributed by atoms with Gasteiger partial charge in [-0.2, -0.15) is 0 Å². The van der Waals surface area contributed by atoms with Crippen LogP contribution in [0.25, 0.3) is 0 Å². The van der Waals surface area contributed by atoms with Crippen molar-refractivity contribution in [3.63, 3.8) is 0 Å². The van der Waals surface area contributed by atoms with Gasteiger partial charge in [-0.3, -0.25) is 4.79 Å². The predicted molar refractivity (Wildman–Crippen MR) is 74.0 cm³/mol. The molecule has 0 aromatic heterocycles. The fourth-order valence-corrected chi connectivity index (χ4v) is 3.11. The number of amides is 1. The van der Waals surface area contributed by atoms with E-state index in [1.165, 1.54) is 13.2 Å². The summed E-state index contributed by atoms with van der Waals surface area (Å²) in [7, 11) is -2.44. The molecule has 0 atom stereocenters. The topological polar surface area (TPSA) is 84.5 Å². The van der Waals surface area contributed by atoms with E-state index in [9.17, 15) is 17.6 Å². The van der Waals surface area contributed by atoms with E-state index in [0.29, 0.717) is 6.61 Å². The van der Waals surface area contributed by atoms with Crippen LogP contribution in [0.2, 0.25) is 0 Å². The number of sulfonamides is 1. The Balaban J connectivity index is 2.18. The molecule has 8 heteroatoms. The van der Waals surface area contributed by atoms with Gasteiger partial charge in [0.2, 0.25) is 10.0 Å². The molecule has 0 radical (unpaired) electrons. The fraction of sp³-hybridized carbons (Fsp3) is 0.462. The number of halogens is 1. The van der Waals surface area contributed by atoms with Crippen LogP contribution in [0.15, 0.2) is 23.1 Å². The van der Waals surface area contributed by atoms with E-state index in [2.05, 4.69) is 10.0 Å². The lowest BCUT2D eigenvalue weighted by Crippen LogP contribution is -2.29. The lowest BCUT2D eigenvalue weighted by molar-refractivity contribution is 0.0937. The maximum absolute atomic E-state index is 13.7. The molecule has 1 aliphatic carbocycles. The molecule has 6 nitrogen and oxygen atoms in total. The van der Waals surface area contributed by atoms with Crippen molar-refractivity contribution in [2.45, 2.75) is 23.8 Å². The van der Waals surface area contributed by atoms with Crippen molar-refractivity contribution in [2.24, 2.45) is 0 Å². The van der Waals surface area contributed by atoms with Gasteiger partial charge >= 0.3 is 0 Å².